The van der Waals surface area contributed by atoms with Crippen LogP contribution in [-0.2, 0) is 16.0 Å². The van der Waals surface area contributed by atoms with Gasteiger partial charge in [-0.15, -0.1) is 0 Å². The van der Waals surface area contributed by atoms with Crippen molar-refractivity contribution in [2.75, 3.05) is 12.9 Å². The minimum Gasteiger partial charge on any atom is -0.468 e. The maximum atomic E-state index is 11.2. The Bertz CT molecular complexity index is 692. The second kappa shape index (κ2) is 6.40. The van der Waals surface area contributed by atoms with Gasteiger partial charge in [-0.2, -0.15) is 5.26 Å². The number of carbonyl (C=O) groups excluding carboxylic acids is 1. The molecule has 0 N–H and O–H groups in total. The van der Waals surface area contributed by atoms with Crippen molar-refractivity contribution in [2.45, 2.75) is 18.4 Å². The fourth-order valence-corrected chi connectivity index (χ4v) is 2.60. The Kier molecular flexibility index (Phi) is 4.59. The molecule has 0 fully saturated rings. The van der Waals surface area contributed by atoms with Crippen LogP contribution in [0, 0.1) is 11.3 Å². The van der Waals surface area contributed by atoms with Crippen LogP contribution in [0.25, 0.3) is 10.9 Å². The first-order valence-corrected chi connectivity index (χ1v) is 7.20. The van der Waals surface area contributed by atoms with E-state index >= 15 is 0 Å². The number of benzene rings is 1. The number of nitrogens with zero attached hydrogens (tertiary/aromatic N) is 2. The average Bonchev–Trinajstić information content (AvgIpc) is 2.50. The van der Waals surface area contributed by atoms with Gasteiger partial charge >= 0.3 is 5.97 Å². The molecule has 2 rings (SSSR count). The summed E-state index contributed by atoms with van der Waals surface area (Å²) in [6.45, 7) is 2.08. The Morgan fingerprint density at radius 2 is 2.25 bits per heavy atom. The van der Waals surface area contributed by atoms with Crippen molar-refractivity contribution < 1.29 is 9.53 Å². The third kappa shape index (κ3) is 3.09. The number of hydrogen-bond acceptors (Lipinski definition) is 5. The van der Waals surface area contributed by atoms with Gasteiger partial charge in [0.25, 0.3) is 0 Å². The van der Waals surface area contributed by atoms with Crippen molar-refractivity contribution in [3.63, 3.8) is 0 Å². The summed E-state index contributed by atoms with van der Waals surface area (Å²) in [7, 11) is 1.34. The highest BCUT2D eigenvalue weighted by Gasteiger charge is 2.10. The molecule has 0 aliphatic carbocycles. The second-order valence-corrected chi connectivity index (χ2v) is 5.16. The van der Waals surface area contributed by atoms with E-state index in [2.05, 4.69) is 22.7 Å². The molecule has 1 aromatic carbocycles. The molecular weight excluding hydrogens is 272 g/mol. The van der Waals surface area contributed by atoms with E-state index in [1.165, 1.54) is 24.4 Å². The van der Waals surface area contributed by atoms with Crippen LogP contribution >= 0.6 is 11.8 Å². The van der Waals surface area contributed by atoms with Crippen LogP contribution in [0.15, 0.2) is 29.3 Å². The lowest BCUT2D eigenvalue weighted by Crippen LogP contribution is -2.04. The Morgan fingerprint density at radius 3 is 2.90 bits per heavy atom. The number of nitriles is 1. The first-order chi connectivity index (χ1) is 9.67. The Hall–Kier alpha value is -2.06. The van der Waals surface area contributed by atoms with E-state index in [0.29, 0.717) is 10.6 Å². The molecule has 0 saturated carbocycles. The maximum Gasteiger partial charge on any atom is 0.316 e. The van der Waals surface area contributed by atoms with Gasteiger partial charge in [0.05, 0.1) is 23.9 Å². The highest BCUT2D eigenvalue weighted by atomic mass is 32.2. The second-order valence-electron chi connectivity index (χ2n) is 4.20. The zero-order valence-electron chi connectivity index (χ0n) is 11.3. The first kappa shape index (κ1) is 14.4. The largest absolute Gasteiger partial charge is 0.468 e. The molecule has 0 saturated heterocycles. The number of hydrogen-bond donors (Lipinski definition) is 0. The van der Waals surface area contributed by atoms with E-state index in [9.17, 15) is 10.1 Å². The summed E-state index contributed by atoms with van der Waals surface area (Å²) in [5.74, 6) is -0.182. The van der Waals surface area contributed by atoms with E-state index in [1.54, 1.807) is 0 Å². The van der Waals surface area contributed by atoms with Crippen molar-refractivity contribution in [1.82, 2.24) is 4.98 Å². The molecule has 0 radical (unpaired) electrons. The molecule has 0 unspecified atom stereocenters. The number of aryl methyl sites for hydroxylation is 1. The Morgan fingerprint density at radius 1 is 1.45 bits per heavy atom. The normalized spacial score (nSPS) is 10.2. The molecule has 0 spiro atoms. The fourth-order valence-electron chi connectivity index (χ4n) is 1.80. The monoisotopic (exact) mass is 286 g/mol. The van der Waals surface area contributed by atoms with Crippen molar-refractivity contribution in [3.8, 4) is 6.07 Å². The van der Waals surface area contributed by atoms with Gasteiger partial charge in [-0.3, -0.25) is 4.79 Å². The van der Waals surface area contributed by atoms with Crippen molar-refractivity contribution in [2.24, 2.45) is 0 Å². The summed E-state index contributed by atoms with van der Waals surface area (Å²) in [5, 5.41) is 10.7. The molecule has 1 heterocycles. The van der Waals surface area contributed by atoms with Crippen LogP contribution in [-0.4, -0.2) is 23.8 Å². The summed E-state index contributed by atoms with van der Waals surface area (Å²) in [4.78, 5) is 15.6. The van der Waals surface area contributed by atoms with Crippen LogP contribution in [0.5, 0.6) is 0 Å². The van der Waals surface area contributed by atoms with E-state index in [1.807, 2.05) is 24.3 Å². The molecule has 102 valence electrons. The number of pyridine rings is 1. The molecule has 0 bridgehead atoms. The number of rotatable bonds is 4. The van der Waals surface area contributed by atoms with Gasteiger partial charge < -0.3 is 4.74 Å². The van der Waals surface area contributed by atoms with Crippen molar-refractivity contribution >= 4 is 28.6 Å². The number of ether oxygens (including phenoxy) is 1. The van der Waals surface area contributed by atoms with Crippen LogP contribution in [0.2, 0.25) is 0 Å². The topological polar surface area (TPSA) is 63.0 Å². The number of aromatic nitrogens is 1. The van der Waals surface area contributed by atoms with Crippen molar-refractivity contribution in [1.29, 1.82) is 5.26 Å². The number of carbonyl (C=O) groups is 1. The summed E-state index contributed by atoms with van der Waals surface area (Å²) in [6, 6.07) is 9.96. The first-order valence-electron chi connectivity index (χ1n) is 6.21. The van der Waals surface area contributed by atoms with E-state index < -0.39 is 0 Å². The lowest BCUT2D eigenvalue weighted by molar-refractivity contribution is -0.137. The van der Waals surface area contributed by atoms with Crippen LogP contribution in [0.3, 0.4) is 0 Å². The predicted molar refractivity (Wildman–Crippen MR) is 78.6 cm³/mol. The van der Waals surface area contributed by atoms with E-state index in [4.69, 9.17) is 0 Å². The van der Waals surface area contributed by atoms with Gasteiger partial charge in [0, 0.05) is 5.39 Å². The lowest BCUT2D eigenvalue weighted by Gasteiger charge is -2.06. The van der Waals surface area contributed by atoms with E-state index in [-0.39, 0.29) is 11.7 Å². The molecule has 1 aromatic heterocycles. The number of fused-ring (bicyclic) bond motifs is 1. The number of thioether (sulfide) groups is 1. The van der Waals surface area contributed by atoms with Crippen LogP contribution in [0.4, 0.5) is 0 Å². The van der Waals surface area contributed by atoms with Crippen molar-refractivity contribution in [3.05, 3.63) is 35.4 Å². The molecule has 0 atom stereocenters. The molecule has 0 aliphatic rings. The Balaban J connectivity index is 2.40. The van der Waals surface area contributed by atoms with Gasteiger partial charge in [-0.1, -0.05) is 24.8 Å². The number of methoxy groups -OCH3 is 1. The number of esters is 1. The highest BCUT2D eigenvalue weighted by molar-refractivity contribution is 7.99. The van der Waals surface area contributed by atoms with Gasteiger partial charge in [0.2, 0.25) is 0 Å². The third-order valence-corrected chi connectivity index (χ3v) is 3.89. The smallest absolute Gasteiger partial charge is 0.316 e. The van der Waals surface area contributed by atoms with Gasteiger partial charge in [-0.25, -0.2) is 4.98 Å². The maximum absolute atomic E-state index is 11.2. The lowest BCUT2D eigenvalue weighted by atomic mass is 10.1. The highest BCUT2D eigenvalue weighted by Crippen LogP contribution is 2.25. The molecule has 20 heavy (non-hydrogen) atoms. The summed E-state index contributed by atoms with van der Waals surface area (Å²) in [5.41, 5.74) is 2.52. The standard InChI is InChI=1S/C15H14N2O2S/c1-3-10-4-5-13-11(6-10)7-12(8-16)15(17-13)20-9-14(18)19-2/h4-7H,3,9H2,1-2H3. The SMILES string of the molecule is CCc1ccc2nc(SCC(=O)OC)c(C#N)cc2c1. The average molecular weight is 286 g/mol. The summed E-state index contributed by atoms with van der Waals surface area (Å²) < 4.78 is 4.59. The minimum absolute atomic E-state index is 0.150. The Labute approximate surface area is 121 Å². The van der Waals surface area contributed by atoms with Crippen LogP contribution in [0.1, 0.15) is 18.1 Å². The third-order valence-electron chi connectivity index (χ3n) is 2.93. The zero-order valence-corrected chi connectivity index (χ0v) is 12.2. The molecule has 2 aromatic rings. The quantitative estimate of drug-likeness (QED) is 0.638. The van der Waals surface area contributed by atoms with Gasteiger partial charge in [0.15, 0.2) is 0 Å². The molecule has 5 heteroatoms. The van der Waals surface area contributed by atoms with Gasteiger partial charge in [-0.05, 0) is 30.2 Å². The minimum atomic E-state index is -0.331. The van der Waals surface area contributed by atoms with Crippen LogP contribution < -0.4 is 0 Å². The molecular formula is C15H14N2O2S. The molecule has 4 nitrogen and oxygen atoms in total. The van der Waals surface area contributed by atoms with E-state index in [0.717, 1.165) is 17.3 Å². The predicted octanol–water partition coefficient (Wildman–Crippen LogP) is 2.93. The summed E-state index contributed by atoms with van der Waals surface area (Å²) >= 11 is 1.22. The molecule has 0 aliphatic heterocycles. The van der Waals surface area contributed by atoms with Gasteiger partial charge in [0.1, 0.15) is 11.1 Å². The zero-order chi connectivity index (χ0) is 14.5. The molecule has 0 amide bonds. The summed E-state index contributed by atoms with van der Waals surface area (Å²) in [6.07, 6.45) is 0.941. The fraction of sp³-hybridized carbons (Fsp3) is 0.267.